The van der Waals surface area contributed by atoms with E-state index in [1.54, 1.807) is 18.2 Å². The Bertz CT molecular complexity index is 525. The van der Waals surface area contributed by atoms with Crippen molar-refractivity contribution in [2.24, 2.45) is 0 Å². The predicted octanol–water partition coefficient (Wildman–Crippen LogP) is 1.79. The van der Waals surface area contributed by atoms with Crippen molar-refractivity contribution in [3.63, 3.8) is 0 Å². The van der Waals surface area contributed by atoms with Gasteiger partial charge >= 0.3 is 0 Å². The summed E-state index contributed by atoms with van der Waals surface area (Å²) in [5.41, 5.74) is 0.920. The molecule has 4 nitrogen and oxygen atoms in total. The number of sulfonamides is 1. The van der Waals surface area contributed by atoms with E-state index in [0.717, 1.165) is 36.0 Å². The van der Waals surface area contributed by atoms with Gasteiger partial charge in [0.25, 0.3) is 0 Å². The van der Waals surface area contributed by atoms with Crippen LogP contribution in [0.4, 0.5) is 0 Å². The van der Waals surface area contributed by atoms with Crippen LogP contribution in [0.15, 0.2) is 27.6 Å². The molecule has 1 aromatic carbocycles. The summed E-state index contributed by atoms with van der Waals surface area (Å²) in [6.07, 6.45) is 1.68. The fraction of sp³-hybridized carbons (Fsp3) is 0.500. The van der Waals surface area contributed by atoms with Crippen LogP contribution >= 0.6 is 15.9 Å². The van der Waals surface area contributed by atoms with E-state index in [0.29, 0.717) is 4.90 Å². The van der Waals surface area contributed by atoms with E-state index in [1.807, 2.05) is 6.92 Å². The van der Waals surface area contributed by atoms with Crippen LogP contribution in [0.5, 0.6) is 0 Å². The number of piperidine rings is 1. The second-order valence-electron chi connectivity index (χ2n) is 4.56. The standard InChI is InChI=1S/C12H17BrN2O2S/c1-9-8-11(2-3-12(9)13)18(16,17)15-10-4-6-14-7-5-10/h2-3,8,10,14-15H,4-7H2,1H3. The van der Waals surface area contributed by atoms with Crippen LogP contribution < -0.4 is 10.0 Å². The Kier molecular flexibility index (Phi) is 4.42. The monoisotopic (exact) mass is 332 g/mol. The topological polar surface area (TPSA) is 58.2 Å². The summed E-state index contributed by atoms with van der Waals surface area (Å²) in [7, 11) is -3.40. The van der Waals surface area contributed by atoms with Crippen molar-refractivity contribution in [3.8, 4) is 0 Å². The highest BCUT2D eigenvalue weighted by atomic mass is 79.9. The molecule has 0 unspecified atom stereocenters. The number of rotatable bonds is 3. The largest absolute Gasteiger partial charge is 0.317 e. The number of aryl methyl sites for hydroxylation is 1. The minimum absolute atomic E-state index is 0.0419. The van der Waals surface area contributed by atoms with Crippen molar-refractivity contribution < 1.29 is 8.42 Å². The summed E-state index contributed by atoms with van der Waals surface area (Å²) in [4.78, 5) is 0.335. The highest BCUT2D eigenvalue weighted by molar-refractivity contribution is 9.10. The van der Waals surface area contributed by atoms with Crippen LogP contribution in [0, 0.1) is 6.92 Å². The average molecular weight is 333 g/mol. The fourth-order valence-corrected chi connectivity index (χ4v) is 3.65. The van der Waals surface area contributed by atoms with Crippen LogP contribution in [0.2, 0.25) is 0 Å². The van der Waals surface area contributed by atoms with Gasteiger partial charge in [-0.3, -0.25) is 0 Å². The van der Waals surface area contributed by atoms with Gasteiger partial charge in [0, 0.05) is 10.5 Å². The maximum Gasteiger partial charge on any atom is 0.240 e. The summed E-state index contributed by atoms with van der Waals surface area (Å²) in [5, 5.41) is 3.22. The fourth-order valence-electron chi connectivity index (χ4n) is 2.01. The SMILES string of the molecule is Cc1cc(S(=O)(=O)NC2CCNCC2)ccc1Br. The number of halogens is 1. The zero-order valence-electron chi connectivity index (χ0n) is 10.2. The van der Waals surface area contributed by atoms with Crippen LogP contribution in [-0.2, 0) is 10.0 Å². The molecule has 1 saturated heterocycles. The zero-order valence-corrected chi connectivity index (χ0v) is 12.6. The van der Waals surface area contributed by atoms with Crippen LogP contribution in [0.3, 0.4) is 0 Å². The van der Waals surface area contributed by atoms with Crippen molar-refractivity contribution in [1.29, 1.82) is 0 Å². The lowest BCUT2D eigenvalue weighted by atomic mass is 10.1. The summed E-state index contributed by atoms with van der Waals surface area (Å²) in [6, 6.07) is 5.13. The molecule has 0 aromatic heterocycles. The van der Waals surface area contributed by atoms with Gasteiger partial charge in [-0.2, -0.15) is 0 Å². The molecular weight excluding hydrogens is 316 g/mol. The van der Waals surface area contributed by atoms with Gasteiger partial charge in [0.1, 0.15) is 0 Å². The molecule has 0 radical (unpaired) electrons. The zero-order chi connectivity index (χ0) is 13.2. The van der Waals surface area contributed by atoms with E-state index in [-0.39, 0.29) is 6.04 Å². The minimum atomic E-state index is -3.40. The third kappa shape index (κ3) is 3.32. The molecule has 0 saturated carbocycles. The third-order valence-electron chi connectivity index (χ3n) is 3.10. The molecule has 1 aliphatic heterocycles. The maximum absolute atomic E-state index is 12.2. The number of nitrogens with one attached hydrogen (secondary N) is 2. The molecule has 0 spiro atoms. The van der Waals surface area contributed by atoms with Gasteiger partial charge in [0.15, 0.2) is 0 Å². The lowest BCUT2D eigenvalue weighted by Gasteiger charge is -2.23. The predicted molar refractivity (Wildman–Crippen MR) is 75.1 cm³/mol. The highest BCUT2D eigenvalue weighted by Gasteiger charge is 2.21. The van der Waals surface area contributed by atoms with Crippen LogP contribution in [-0.4, -0.2) is 27.5 Å². The lowest BCUT2D eigenvalue weighted by molar-refractivity contribution is 0.427. The molecule has 2 rings (SSSR count). The van der Waals surface area contributed by atoms with E-state index in [4.69, 9.17) is 0 Å². The quantitative estimate of drug-likeness (QED) is 0.887. The van der Waals surface area contributed by atoms with E-state index >= 15 is 0 Å². The van der Waals surface area contributed by atoms with Crippen molar-refractivity contribution in [2.75, 3.05) is 13.1 Å². The maximum atomic E-state index is 12.2. The van der Waals surface area contributed by atoms with Gasteiger partial charge in [-0.1, -0.05) is 15.9 Å². The van der Waals surface area contributed by atoms with Crippen molar-refractivity contribution in [1.82, 2.24) is 10.0 Å². The molecule has 1 aliphatic rings. The van der Waals surface area contributed by atoms with Crippen molar-refractivity contribution >= 4 is 26.0 Å². The second kappa shape index (κ2) is 5.69. The van der Waals surface area contributed by atoms with E-state index in [9.17, 15) is 8.42 Å². The summed E-state index contributed by atoms with van der Waals surface area (Å²) in [5.74, 6) is 0. The Hall–Kier alpha value is -0.430. The Morgan fingerprint density at radius 1 is 1.33 bits per heavy atom. The van der Waals surface area contributed by atoms with E-state index in [2.05, 4.69) is 26.0 Å². The van der Waals surface area contributed by atoms with Gasteiger partial charge < -0.3 is 5.32 Å². The third-order valence-corrected chi connectivity index (χ3v) is 5.51. The lowest BCUT2D eigenvalue weighted by Crippen LogP contribution is -2.42. The normalized spacial score (nSPS) is 17.9. The Morgan fingerprint density at radius 3 is 2.61 bits per heavy atom. The molecular formula is C12H17BrN2O2S. The molecule has 6 heteroatoms. The Labute approximate surface area is 116 Å². The highest BCUT2D eigenvalue weighted by Crippen LogP contribution is 2.20. The molecule has 1 fully saturated rings. The molecule has 2 N–H and O–H groups in total. The molecule has 1 aromatic rings. The molecule has 100 valence electrons. The van der Waals surface area contributed by atoms with Crippen molar-refractivity contribution in [2.45, 2.75) is 30.7 Å². The van der Waals surface area contributed by atoms with Crippen LogP contribution in [0.1, 0.15) is 18.4 Å². The molecule has 18 heavy (non-hydrogen) atoms. The number of benzene rings is 1. The minimum Gasteiger partial charge on any atom is -0.317 e. The van der Waals surface area contributed by atoms with Gasteiger partial charge in [-0.25, -0.2) is 13.1 Å². The number of hydrogen-bond donors (Lipinski definition) is 2. The van der Waals surface area contributed by atoms with Gasteiger partial charge in [-0.05, 0) is 56.6 Å². The Balaban J connectivity index is 2.16. The first-order valence-corrected chi connectivity index (χ1v) is 8.26. The Morgan fingerprint density at radius 2 is 2.00 bits per heavy atom. The molecule has 0 aliphatic carbocycles. The summed E-state index contributed by atoms with van der Waals surface area (Å²) in [6.45, 7) is 3.62. The molecule has 1 heterocycles. The van der Waals surface area contributed by atoms with Gasteiger partial charge in [0.05, 0.1) is 4.90 Å². The summed E-state index contributed by atoms with van der Waals surface area (Å²) < 4.78 is 28.1. The molecule has 0 amide bonds. The second-order valence-corrected chi connectivity index (χ2v) is 7.12. The first kappa shape index (κ1) is 14.0. The summed E-state index contributed by atoms with van der Waals surface area (Å²) >= 11 is 3.37. The van der Waals surface area contributed by atoms with Crippen molar-refractivity contribution in [3.05, 3.63) is 28.2 Å². The van der Waals surface area contributed by atoms with Gasteiger partial charge in [0.2, 0.25) is 10.0 Å². The smallest absolute Gasteiger partial charge is 0.240 e. The van der Waals surface area contributed by atoms with E-state index in [1.165, 1.54) is 0 Å². The molecule has 0 bridgehead atoms. The average Bonchev–Trinajstić information content (AvgIpc) is 2.33. The number of hydrogen-bond acceptors (Lipinski definition) is 3. The van der Waals surface area contributed by atoms with E-state index < -0.39 is 10.0 Å². The molecule has 0 atom stereocenters. The first-order chi connectivity index (χ1) is 8.49. The van der Waals surface area contributed by atoms with Crippen LogP contribution in [0.25, 0.3) is 0 Å². The van der Waals surface area contributed by atoms with Gasteiger partial charge in [-0.15, -0.1) is 0 Å². The first-order valence-electron chi connectivity index (χ1n) is 5.98.